The third-order valence-electron chi connectivity index (χ3n) is 2.73. The summed E-state index contributed by atoms with van der Waals surface area (Å²) in [5.41, 5.74) is -2.16. The molecule has 0 aromatic heterocycles. The number of carbonyl (C=O) groups is 1. The van der Waals surface area contributed by atoms with Gasteiger partial charge < -0.3 is 5.11 Å². The number of carboxylic acid groups (broad SMARTS) is 1. The van der Waals surface area contributed by atoms with Crippen molar-refractivity contribution < 1.29 is 14.3 Å². The van der Waals surface area contributed by atoms with Crippen molar-refractivity contribution in [3.8, 4) is 11.8 Å². The molecule has 1 N–H and O–H groups in total. The lowest BCUT2D eigenvalue weighted by Gasteiger charge is -2.17. The van der Waals surface area contributed by atoms with Crippen molar-refractivity contribution in [2.75, 3.05) is 0 Å². The Balaban J connectivity index is 4.08. The fraction of sp³-hybridized carbons (Fsp3) is 0.786. The normalized spacial score (nSPS) is 13.6. The Hall–Kier alpha value is -1.04. The topological polar surface area (TPSA) is 37.3 Å². The van der Waals surface area contributed by atoms with Gasteiger partial charge in [-0.05, 0) is 12.8 Å². The maximum atomic E-state index is 14.0. The van der Waals surface area contributed by atoms with Crippen LogP contribution in [-0.4, -0.2) is 16.7 Å². The van der Waals surface area contributed by atoms with Gasteiger partial charge in [0.15, 0.2) is 0 Å². The highest BCUT2D eigenvalue weighted by Gasteiger charge is 2.37. The van der Waals surface area contributed by atoms with Gasteiger partial charge in [-0.15, -0.1) is 5.92 Å². The van der Waals surface area contributed by atoms with Crippen LogP contribution in [-0.2, 0) is 4.79 Å². The molecule has 0 fully saturated rings. The van der Waals surface area contributed by atoms with Crippen LogP contribution < -0.4 is 0 Å². The summed E-state index contributed by atoms with van der Waals surface area (Å²) < 4.78 is 14.0. The Kier molecular flexibility index (Phi) is 8.49. The average molecular weight is 242 g/mol. The fourth-order valence-electron chi connectivity index (χ4n) is 1.61. The third-order valence-corrected chi connectivity index (χ3v) is 2.73. The molecule has 0 spiro atoms. The van der Waals surface area contributed by atoms with Gasteiger partial charge in [0.1, 0.15) is 0 Å². The summed E-state index contributed by atoms with van der Waals surface area (Å²) >= 11 is 0. The van der Waals surface area contributed by atoms with Gasteiger partial charge in [-0.3, -0.25) is 0 Å². The van der Waals surface area contributed by atoms with E-state index in [-0.39, 0.29) is 12.8 Å². The molecule has 0 saturated carbocycles. The van der Waals surface area contributed by atoms with E-state index in [0.29, 0.717) is 12.8 Å². The molecule has 0 bridgehead atoms. The predicted octanol–water partition coefficient (Wildman–Crippen LogP) is 3.94. The van der Waals surface area contributed by atoms with Crippen molar-refractivity contribution >= 4 is 5.97 Å². The van der Waals surface area contributed by atoms with E-state index in [1.807, 2.05) is 6.92 Å². The third kappa shape index (κ3) is 6.99. The number of unbranched alkanes of at least 4 members (excludes halogenated alkanes) is 4. The van der Waals surface area contributed by atoms with Crippen LogP contribution >= 0.6 is 0 Å². The molecule has 0 aliphatic heterocycles. The van der Waals surface area contributed by atoms with Crippen LogP contribution in [0, 0.1) is 11.8 Å². The van der Waals surface area contributed by atoms with Crippen molar-refractivity contribution in [2.24, 2.45) is 0 Å². The molecule has 0 aliphatic carbocycles. The fourth-order valence-corrected chi connectivity index (χ4v) is 1.61. The Morgan fingerprint density at radius 2 is 1.82 bits per heavy atom. The van der Waals surface area contributed by atoms with Gasteiger partial charge in [0.25, 0.3) is 0 Å². The van der Waals surface area contributed by atoms with E-state index in [1.165, 1.54) is 0 Å². The number of hydrogen-bond donors (Lipinski definition) is 1. The molecule has 0 heterocycles. The van der Waals surface area contributed by atoms with Gasteiger partial charge in [0.05, 0.1) is 6.42 Å². The van der Waals surface area contributed by atoms with Crippen molar-refractivity contribution in [2.45, 2.75) is 70.9 Å². The molecule has 0 aromatic rings. The van der Waals surface area contributed by atoms with Crippen LogP contribution in [0.4, 0.5) is 4.39 Å². The first-order chi connectivity index (χ1) is 8.06. The van der Waals surface area contributed by atoms with Crippen LogP contribution in [0.25, 0.3) is 0 Å². The van der Waals surface area contributed by atoms with Crippen molar-refractivity contribution in [3.05, 3.63) is 0 Å². The highest BCUT2D eigenvalue weighted by atomic mass is 19.1. The maximum Gasteiger partial charge on any atom is 0.342 e. The number of halogens is 1. The second kappa shape index (κ2) is 9.04. The van der Waals surface area contributed by atoms with Gasteiger partial charge in [-0.1, -0.05) is 45.5 Å². The maximum absolute atomic E-state index is 14.0. The van der Waals surface area contributed by atoms with Gasteiger partial charge >= 0.3 is 5.97 Å². The molecule has 0 radical (unpaired) electrons. The summed E-state index contributed by atoms with van der Waals surface area (Å²) in [6.07, 6.45) is 5.34. The number of carboxylic acids is 1. The quantitative estimate of drug-likeness (QED) is 0.517. The minimum Gasteiger partial charge on any atom is -0.479 e. The Morgan fingerprint density at radius 3 is 2.35 bits per heavy atom. The molecule has 3 heteroatoms. The van der Waals surface area contributed by atoms with Gasteiger partial charge in [0, 0.05) is 6.42 Å². The first kappa shape index (κ1) is 16.0. The molecule has 17 heavy (non-hydrogen) atoms. The smallest absolute Gasteiger partial charge is 0.342 e. The van der Waals surface area contributed by atoms with E-state index in [1.54, 1.807) is 0 Å². The van der Waals surface area contributed by atoms with E-state index in [0.717, 1.165) is 25.7 Å². The lowest BCUT2D eigenvalue weighted by molar-refractivity contribution is -0.151. The highest BCUT2D eigenvalue weighted by Crippen LogP contribution is 2.24. The Morgan fingerprint density at radius 1 is 1.18 bits per heavy atom. The first-order valence-corrected chi connectivity index (χ1v) is 6.45. The van der Waals surface area contributed by atoms with E-state index in [4.69, 9.17) is 5.11 Å². The van der Waals surface area contributed by atoms with E-state index in [2.05, 4.69) is 18.8 Å². The van der Waals surface area contributed by atoms with Crippen LogP contribution in [0.3, 0.4) is 0 Å². The van der Waals surface area contributed by atoms with Crippen molar-refractivity contribution in [3.63, 3.8) is 0 Å². The number of alkyl halides is 1. The average Bonchev–Trinajstić information content (AvgIpc) is 2.29. The van der Waals surface area contributed by atoms with Gasteiger partial charge in [0.2, 0.25) is 5.67 Å². The molecule has 1 atom stereocenters. The van der Waals surface area contributed by atoms with E-state index >= 15 is 0 Å². The summed E-state index contributed by atoms with van der Waals surface area (Å²) in [4.78, 5) is 10.9. The summed E-state index contributed by atoms with van der Waals surface area (Å²) in [6, 6.07) is 0. The molecule has 2 nitrogen and oxygen atoms in total. The Bertz CT molecular complexity index is 278. The Labute approximate surface area is 104 Å². The highest BCUT2D eigenvalue weighted by molar-refractivity contribution is 5.77. The zero-order valence-corrected chi connectivity index (χ0v) is 10.9. The second-order valence-electron chi connectivity index (χ2n) is 4.32. The minimum atomic E-state index is -2.16. The first-order valence-electron chi connectivity index (χ1n) is 6.45. The molecular weight excluding hydrogens is 219 g/mol. The zero-order chi connectivity index (χ0) is 13.1. The number of hydrogen-bond acceptors (Lipinski definition) is 1. The summed E-state index contributed by atoms with van der Waals surface area (Å²) in [5, 5.41) is 8.89. The van der Waals surface area contributed by atoms with E-state index in [9.17, 15) is 9.18 Å². The lowest BCUT2D eigenvalue weighted by Crippen LogP contribution is -2.33. The molecule has 1 unspecified atom stereocenters. The van der Waals surface area contributed by atoms with Gasteiger partial charge in [-0.25, -0.2) is 9.18 Å². The molecule has 0 rings (SSSR count). The van der Waals surface area contributed by atoms with Crippen LogP contribution in [0.1, 0.15) is 65.2 Å². The minimum absolute atomic E-state index is 0.0739. The predicted molar refractivity (Wildman–Crippen MR) is 67.5 cm³/mol. The molecule has 0 saturated heterocycles. The van der Waals surface area contributed by atoms with Crippen LogP contribution in [0.2, 0.25) is 0 Å². The standard InChI is InChI=1S/C14H23FO2/c1-3-5-7-8-10-12-14(15,13(16)17)11-9-6-4-2/h3-5,7-8,10-12H2,1-2H3,(H,16,17). The van der Waals surface area contributed by atoms with Crippen molar-refractivity contribution in [1.29, 1.82) is 0 Å². The monoisotopic (exact) mass is 242 g/mol. The van der Waals surface area contributed by atoms with Gasteiger partial charge in [-0.2, -0.15) is 0 Å². The molecule has 0 aromatic carbocycles. The van der Waals surface area contributed by atoms with Crippen LogP contribution in [0.5, 0.6) is 0 Å². The molecule has 98 valence electrons. The SMILES string of the molecule is CCC#CCC(F)(CCCCCCC)C(=O)O. The summed E-state index contributed by atoms with van der Waals surface area (Å²) in [7, 11) is 0. The molecule has 0 aliphatic rings. The zero-order valence-electron chi connectivity index (χ0n) is 10.9. The van der Waals surface area contributed by atoms with E-state index < -0.39 is 11.6 Å². The number of rotatable bonds is 8. The largest absolute Gasteiger partial charge is 0.479 e. The lowest BCUT2D eigenvalue weighted by atomic mass is 9.94. The second-order valence-corrected chi connectivity index (χ2v) is 4.32. The molecular formula is C14H23FO2. The van der Waals surface area contributed by atoms with Crippen LogP contribution in [0.15, 0.2) is 0 Å². The summed E-state index contributed by atoms with van der Waals surface area (Å²) in [5.74, 6) is 3.94. The number of aliphatic carboxylic acids is 1. The molecule has 0 amide bonds. The van der Waals surface area contributed by atoms with Crippen molar-refractivity contribution in [1.82, 2.24) is 0 Å². The summed E-state index contributed by atoms with van der Waals surface area (Å²) in [6.45, 7) is 3.97.